The van der Waals surface area contributed by atoms with Gasteiger partial charge in [-0.15, -0.1) is 0 Å². The van der Waals surface area contributed by atoms with Gasteiger partial charge in [-0.25, -0.2) is 0 Å². The molecule has 3 aromatic rings. The van der Waals surface area contributed by atoms with Crippen molar-refractivity contribution in [3.63, 3.8) is 0 Å². The number of benzene rings is 2. The summed E-state index contributed by atoms with van der Waals surface area (Å²) in [4.78, 5) is 18.3. The lowest BCUT2D eigenvalue weighted by Crippen LogP contribution is -2.24. The molecule has 1 unspecified atom stereocenters. The quantitative estimate of drug-likeness (QED) is 0.489. The number of nitrogens with zero attached hydrogens (tertiary/aromatic N) is 3. The summed E-state index contributed by atoms with van der Waals surface area (Å²) in [5.41, 5.74) is 0.0193. The van der Waals surface area contributed by atoms with Crippen LogP contribution in [-0.2, 0) is 11.0 Å². The van der Waals surface area contributed by atoms with Gasteiger partial charge in [0, 0.05) is 24.2 Å². The fraction of sp³-hybridized carbons (Fsp3) is 0.348. The van der Waals surface area contributed by atoms with Crippen molar-refractivity contribution in [2.75, 3.05) is 25.2 Å². The Morgan fingerprint density at radius 2 is 2.00 bits per heavy atom. The predicted octanol–water partition coefficient (Wildman–Crippen LogP) is 5.07. The Labute approximate surface area is 188 Å². The van der Waals surface area contributed by atoms with Crippen LogP contribution in [0.4, 0.5) is 18.9 Å². The van der Waals surface area contributed by atoms with Gasteiger partial charge in [0.2, 0.25) is 17.6 Å². The standard InChI is InChI=1S/C23H22F3N3O4/c1-3-9-32-18-8-7-14(10-19(18)31-2)21-27-22(33-28-21)15-11-20(30)29(13-15)17-6-4-5-16(12-17)23(24,25)26/h4-8,10,12,15H,3,9,11,13H2,1-2H3. The average molecular weight is 461 g/mol. The van der Waals surface area contributed by atoms with Gasteiger partial charge in [0.15, 0.2) is 11.5 Å². The van der Waals surface area contributed by atoms with E-state index in [0.29, 0.717) is 29.5 Å². The first-order valence-corrected chi connectivity index (χ1v) is 10.4. The molecule has 2 aromatic carbocycles. The molecule has 1 aromatic heterocycles. The van der Waals surface area contributed by atoms with Gasteiger partial charge >= 0.3 is 6.18 Å². The molecular formula is C23H22F3N3O4. The number of rotatable bonds is 7. The number of aromatic nitrogens is 2. The topological polar surface area (TPSA) is 77.7 Å². The fourth-order valence-corrected chi connectivity index (χ4v) is 3.63. The fourth-order valence-electron chi connectivity index (χ4n) is 3.63. The molecule has 4 rings (SSSR count). The first kappa shape index (κ1) is 22.6. The van der Waals surface area contributed by atoms with E-state index in [4.69, 9.17) is 14.0 Å². The molecule has 1 saturated heterocycles. The number of amides is 1. The number of hydrogen-bond acceptors (Lipinski definition) is 6. The highest BCUT2D eigenvalue weighted by molar-refractivity contribution is 5.96. The first-order chi connectivity index (χ1) is 15.8. The molecule has 1 fully saturated rings. The molecule has 1 amide bonds. The van der Waals surface area contributed by atoms with Crippen LogP contribution in [-0.4, -0.2) is 36.3 Å². The Bertz CT molecular complexity index is 1150. The van der Waals surface area contributed by atoms with Crippen LogP contribution in [0.25, 0.3) is 11.4 Å². The second kappa shape index (κ2) is 9.13. The number of ether oxygens (including phenoxy) is 2. The Hall–Kier alpha value is -3.56. The normalized spacial score (nSPS) is 16.3. The van der Waals surface area contributed by atoms with Gasteiger partial charge in [-0.2, -0.15) is 18.2 Å². The molecule has 0 radical (unpaired) electrons. The molecule has 1 aliphatic rings. The van der Waals surface area contributed by atoms with Gasteiger partial charge in [0.05, 0.1) is 25.2 Å². The van der Waals surface area contributed by atoms with Crippen molar-refractivity contribution in [1.82, 2.24) is 10.1 Å². The van der Waals surface area contributed by atoms with Crippen LogP contribution in [0.2, 0.25) is 0 Å². The Morgan fingerprint density at radius 3 is 2.73 bits per heavy atom. The Balaban J connectivity index is 1.52. The van der Waals surface area contributed by atoms with Crippen LogP contribution in [0, 0.1) is 0 Å². The Kier molecular flexibility index (Phi) is 6.26. The minimum absolute atomic E-state index is 0.0605. The highest BCUT2D eigenvalue weighted by Crippen LogP contribution is 2.36. The van der Waals surface area contributed by atoms with Crippen molar-refractivity contribution in [2.24, 2.45) is 0 Å². The molecular weight excluding hydrogens is 439 g/mol. The van der Waals surface area contributed by atoms with Crippen LogP contribution in [0.5, 0.6) is 11.5 Å². The van der Waals surface area contributed by atoms with Crippen molar-refractivity contribution in [3.8, 4) is 22.9 Å². The second-order valence-corrected chi connectivity index (χ2v) is 7.62. The van der Waals surface area contributed by atoms with Crippen molar-refractivity contribution >= 4 is 11.6 Å². The van der Waals surface area contributed by atoms with Gasteiger partial charge in [-0.1, -0.05) is 18.1 Å². The molecule has 1 aliphatic heterocycles. The zero-order valence-corrected chi connectivity index (χ0v) is 18.1. The smallest absolute Gasteiger partial charge is 0.416 e. The van der Waals surface area contributed by atoms with Crippen molar-refractivity contribution < 1.29 is 32.0 Å². The molecule has 1 atom stereocenters. The number of alkyl halides is 3. The second-order valence-electron chi connectivity index (χ2n) is 7.62. The number of anilines is 1. The van der Waals surface area contributed by atoms with Crippen LogP contribution < -0.4 is 14.4 Å². The molecule has 0 saturated carbocycles. The summed E-state index contributed by atoms with van der Waals surface area (Å²) in [7, 11) is 1.53. The van der Waals surface area contributed by atoms with E-state index in [2.05, 4.69) is 10.1 Å². The summed E-state index contributed by atoms with van der Waals surface area (Å²) in [6.45, 7) is 2.71. The van der Waals surface area contributed by atoms with Crippen LogP contribution in [0.3, 0.4) is 0 Å². The lowest BCUT2D eigenvalue weighted by molar-refractivity contribution is -0.137. The van der Waals surface area contributed by atoms with E-state index < -0.39 is 17.7 Å². The molecule has 0 bridgehead atoms. The van der Waals surface area contributed by atoms with E-state index in [0.717, 1.165) is 18.6 Å². The average Bonchev–Trinajstić information content (AvgIpc) is 3.44. The first-order valence-electron chi connectivity index (χ1n) is 10.4. The van der Waals surface area contributed by atoms with Gasteiger partial charge in [0.25, 0.3) is 0 Å². The molecule has 33 heavy (non-hydrogen) atoms. The molecule has 174 valence electrons. The highest BCUT2D eigenvalue weighted by Gasteiger charge is 2.37. The van der Waals surface area contributed by atoms with Gasteiger partial charge < -0.3 is 18.9 Å². The molecule has 0 spiro atoms. The van der Waals surface area contributed by atoms with Crippen molar-refractivity contribution in [1.29, 1.82) is 0 Å². The molecule has 10 heteroatoms. The van der Waals surface area contributed by atoms with E-state index >= 15 is 0 Å². The molecule has 2 heterocycles. The summed E-state index contributed by atoms with van der Waals surface area (Å²) in [6, 6.07) is 9.96. The van der Waals surface area contributed by atoms with E-state index in [1.807, 2.05) is 6.92 Å². The zero-order chi connectivity index (χ0) is 23.6. The largest absolute Gasteiger partial charge is 0.493 e. The Morgan fingerprint density at radius 1 is 1.18 bits per heavy atom. The summed E-state index contributed by atoms with van der Waals surface area (Å²) in [5, 5.41) is 4.01. The lowest BCUT2D eigenvalue weighted by Gasteiger charge is -2.17. The lowest BCUT2D eigenvalue weighted by atomic mass is 10.1. The maximum atomic E-state index is 13.0. The number of carbonyl (C=O) groups is 1. The van der Waals surface area contributed by atoms with E-state index in [9.17, 15) is 18.0 Å². The number of hydrogen-bond donors (Lipinski definition) is 0. The SMILES string of the molecule is CCCOc1ccc(-c2noc(C3CC(=O)N(c4cccc(C(F)(F)F)c4)C3)n2)cc1OC. The maximum Gasteiger partial charge on any atom is 0.416 e. The third-order valence-corrected chi connectivity index (χ3v) is 5.28. The molecule has 7 nitrogen and oxygen atoms in total. The predicted molar refractivity (Wildman–Crippen MR) is 113 cm³/mol. The van der Waals surface area contributed by atoms with Crippen LogP contribution in [0.1, 0.15) is 37.1 Å². The van der Waals surface area contributed by atoms with E-state index in [-0.39, 0.29) is 30.5 Å². The van der Waals surface area contributed by atoms with Crippen molar-refractivity contribution in [2.45, 2.75) is 31.9 Å². The minimum atomic E-state index is -4.49. The number of carbonyl (C=O) groups excluding carboxylic acids is 1. The third kappa shape index (κ3) is 4.79. The van der Waals surface area contributed by atoms with Gasteiger partial charge in [-0.3, -0.25) is 4.79 Å². The number of halogens is 3. The summed E-state index contributed by atoms with van der Waals surface area (Å²) >= 11 is 0. The summed E-state index contributed by atoms with van der Waals surface area (Å²) < 4.78 is 55.5. The van der Waals surface area contributed by atoms with Gasteiger partial charge in [0.1, 0.15) is 0 Å². The van der Waals surface area contributed by atoms with E-state index in [1.54, 1.807) is 18.2 Å². The van der Waals surface area contributed by atoms with Crippen molar-refractivity contribution in [3.05, 3.63) is 53.9 Å². The minimum Gasteiger partial charge on any atom is -0.493 e. The highest BCUT2D eigenvalue weighted by atomic mass is 19.4. The zero-order valence-electron chi connectivity index (χ0n) is 18.1. The number of methoxy groups -OCH3 is 1. The maximum absolute atomic E-state index is 13.0. The molecule has 0 aliphatic carbocycles. The summed E-state index contributed by atoms with van der Waals surface area (Å²) in [6.07, 6.45) is -3.57. The monoisotopic (exact) mass is 461 g/mol. The van der Waals surface area contributed by atoms with Gasteiger partial charge in [-0.05, 0) is 42.8 Å². The van der Waals surface area contributed by atoms with Crippen LogP contribution >= 0.6 is 0 Å². The van der Waals surface area contributed by atoms with E-state index in [1.165, 1.54) is 24.1 Å². The summed E-state index contributed by atoms with van der Waals surface area (Å²) in [5.74, 6) is 0.956. The van der Waals surface area contributed by atoms with Crippen LogP contribution in [0.15, 0.2) is 47.0 Å². The third-order valence-electron chi connectivity index (χ3n) is 5.28. The molecule has 0 N–H and O–H groups in total.